The smallest absolute Gasteiger partial charge is 0.243 e. The van der Waals surface area contributed by atoms with Crippen LogP contribution in [0.4, 0.5) is 11.4 Å². The normalized spacial score (nSPS) is 10.2. The Morgan fingerprint density at radius 2 is 2.00 bits per heavy atom. The molecule has 2 aromatic rings. The highest BCUT2D eigenvalue weighted by Crippen LogP contribution is 2.28. The van der Waals surface area contributed by atoms with Crippen LogP contribution in [0.2, 0.25) is 10.0 Å². The predicted molar refractivity (Wildman–Crippen MR) is 101 cm³/mol. The molecule has 2 rings (SSSR count). The van der Waals surface area contributed by atoms with Gasteiger partial charge in [0.15, 0.2) is 0 Å². The van der Waals surface area contributed by atoms with Crippen molar-refractivity contribution in [3.05, 3.63) is 52.0 Å². The van der Waals surface area contributed by atoms with Gasteiger partial charge in [0.05, 0.1) is 28.9 Å². The number of nitrogens with zero attached hydrogens (tertiary/aromatic N) is 1. The number of carbonyl (C=O) groups excluding carboxylic acids is 1. The van der Waals surface area contributed by atoms with Crippen LogP contribution >= 0.6 is 23.2 Å². The van der Waals surface area contributed by atoms with Crippen molar-refractivity contribution < 1.29 is 9.53 Å². The van der Waals surface area contributed by atoms with Crippen LogP contribution in [0, 0.1) is 11.3 Å². The molecule has 0 spiro atoms. The number of amides is 1. The van der Waals surface area contributed by atoms with Gasteiger partial charge in [0.25, 0.3) is 0 Å². The second-order valence-corrected chi connectivity index (χ2v) is 6.36. The van der Waals surface area contributed by atoms with Crippen LogP contribution in [0.15, 0.2) is 36.4 Å². The van der Waals surface area contributed by atoms with E-state index < -0.39 is 0 Å². The van der Waals surface area contributed by atoms with Crippen molar-refractivity contribution in [2.24, 2.45) is 0 Å². The van der Waals surface area contributed by atoms with Crippen molar-refractivity contribution in [2.75, 3.05) is 17.2 Å². The zero-order valence-electron chi connectivity index (χ0n) is 13.8. The van der Waals surface area contributed by atoms with Gasteiger partial charge in [0.1, 0.15) is 11.8 Å². The van der Waals surface area contributed by atoms with Gasteiger partial charge in [-0.15, -0.1) is 0 Å². The van der Waals surface area contributed by atoms with E-state index in [4.69, 9.17) is 33.2 Å². The number of nitrogens with one attached hydrogen (secondary N) is 2. The van der Waals surface area contributed by atoms with Gasteiger partial charge in [0.2, 0.25) is 5.91 Å². The number of benzene rings is 2. The molecule has 0 saturated carbocycles. The minimum Gasteiger partial charge on any atom is -0.489 e. The first-order chi connectivity index (χ1) is 11.9. The molecule has 0 bridgehead atoms. The van der Waals surface area contributed by atoms with Crippen LogP contribution in [0.5, 0.6) is 5.75 Å². The minimum atomic E-state index is -0.308. The quantitative estimate of drug-likeness (QED) is 0.764. The van der Waals surface area contributed by atoms with E-state index in [1.54, 1.807) is 30.3 Å². The monoisotopic (exact) mass is 377 g/mol. The van der Waals surface area contributed by atoms with E-state index in [0.717, 1.165) is 0 Å². The summed E-state index contributed by atoms with van der Waals surface area (Å²) in [4.78, 5) is 12.1. The van der Waals surface area contributed by atoms with Gasteiger partial charge >= 0.3 is 0 Å². The molecule has 2 N–H and O–H groups in total. The summed E-state index contributed by atoms with van der Waals surface area (Å²) in [6.45, 7) is 3.84. The highest BCUT2D eigenvalue weighted by Gasteiger charge is 2.09. The molecule has 0 fully saturated rings. The van der Waals surface area contributed by atoms with E-state index in [9.17, 15) is 4.79 Å². The Hall–Kier alpha value is -2.42. The summed E-state index contributed by atoms with van der Waals surface area (Å²) in [5, 5.41) is 15.6. The first-order valence-corrected chi connectivity index (χ1v) is 8.34. The maximum atomic E-state index is 12.1. The minimum absolute atomic E-state index is 0.0120. The molecule has 0 radical (unpaired) electrons. The van der Waals surface area contributed by atoms with Crippen LogP contribution in [0.3, 0.4) is 0 Å². The van der Waals surface area contributed by atoms with Crippen molar-refractivity contribution in [3.8, 4) is 11.8 Å². The number of hydrogen-bond donors (Lipinski definition) is 2. The fourth-order valence-corrected chi connectivity index (χ4v) is 2.45. The lowest BCUT2D eigenvalue weighted by atomic mass is 10.2. The summed E-state index contributed by atoms with van der Waals surface area (Å²) in [6, 6.07) is 11.9. The van der Waals surface area contributed by atoms with E-state index in [2.05, 4.69) is 10.6 Å². The maximum absolute atomic E-state index is 12.1. The molecule has 1 amide bonds. The Bertz CT molecular complexity index is 816. The van der Waals surface area contributed by atoms with Crippen molar-refractivity contribution in [2.45, 2.75) is 20.0 Å². The van der Waals surface area contributed by atoms with Gasteiger partial charge in [-0.05, 0) is 50.2 Å². The van der Waals surface area contributed by atoms with Crippen LogP contribution in [-0.2, 0) is 4.79 Å². The molecule has 0 aromatic heterocycles. The van der Waals surface area contributed by atoms with Crippen LogP contribution < -0.4 is 15.4 Å². The molecule has 2 aromatic carbocycles. The Kier molecular flexibility index (Phi) is 6.51. The van der Waals surface area contributed by atoms with Gasteiger partial charge in [0, 0.05) is 10.7 Å². The van der Waals surface area contributed by atoms with Gasteiger partial charge in [-0.1, -0.05) is 23.2 Å². The molecule has 25 heavy (non-hydrogen) atoms. The number of nitriles is 1. The molecule has 0 heterocycles. The van der Waals surface area contributed by atoms with Crippen molar-refractivity contribution in [1.29, 1.82) is 5.26 Å². The molecule has 0 saturated heterocycles. The van der Waals surface area contributed by atoms with E-state index in [1.807, 2.05) is 19.9 Å². The van der Waals surface area contributed by atoms with E-state index >= 15 is 0 Å². The molecule has 130 valence electrons. The second kappa shape index (κ2) is 8.61. The average molecular weight is 378 g/mol. The van der Waals surface area contributed by atoms with E-state index in [1.165, 1.54) is 6.07 Å². The van der Waals surface area contributed by atoms with Crippen molar-refractivity contribution >= 4 is 40.5 Å². The third kappa shape index (κ3) is 5.56. The highest BCUT2D eigenvalue weighted by atomic mass is 35.5. The lowest BCUT2D eigenvalue weighted by Crippen LogP contribution is -2.22. The molecule has 5 nitrogen and oxygen atoms in total. The van der Waals surface area contributed by atoms with E-state index in [0.29, 0.717) is 32.7 Å². The van der Waals surface area contributed by atoms with Gasteiger partial charge < -0.3 is 15.4 Å². The first kappa shape index (κ1) is 18.9. The summed E-state index contributed by atoms with van der Waals surface area (Å²) in [7, 11) is 0. The number of hydrogen-bond acceptors (Lipinski definition) is 4. The summed E-state index contributed by atoms with van der Waals surface area (Å²) >= 11 is 12.1. The zero-order chi connectivity index (χ0) is 18.4. The van der Waals surface area contributed by atoms with Crippen molar-refractivity contribution in [3.63, 3.8) is 0 Å². The van der Waals surface area contributed by atoms with Crippen LogP contribution in [0.25, 0.3) is 0 Å². The first-order valence-electron chi connectivity index (χ1n) is 7.58. The molecular formula is C18H17Cl2N3O2. The summed E-state index contributed by atoms with van der Waals surface area (Å²) in [6.07, 6.45) is 0.0223. The lowest BCUT2D eigenvalue weighted by molar-refractivity contribution is -0.114. The van der Waals surface area contributed by atoms with Gasteiger partial charge in [-0.2, -0.15) is 5.26 Å². The van der Waals surface area contributed by atoms with Crippen LogP contribution in [0.1, 0.15) is 19.4 Å². The fourth-order valence-electron chi connectivity index (χ4n) is 2.05. The number of ether oxygens (including phenoxy) is 1. The fraction of sp³-hybridized carbons (Fsp3) is 0.222. The second-order valence-electron chi connectivity index (χ2n) is 5.52. The largest absolute Gasteiger partial charge is 0.489 e. The Balaban J connectivity index is 1.98. The third-order valence-corrected chi connectivity index (χ3v) is 3.65. The maximum Gasteiger partial charge on any atom is 0.243 e. The number of halogens is 2. The summed E-state index contributed by atoms with van der Waals surface area (Å²) in [5.41, 5.74) is 1.40. The number of carbonyl (C=O) groups is 1. The summed E-state index contributed by atoms with van der Waals surface area (Å²) in [5.74, 6) is 0.279. The predicted octanol–water partition coefficient (Wildman–Crippen LogP) is 4.70. The molecule has 7 heteroatoms. The van der Waals surface area contributed by atoms with Gasteiger partial charge in [-0.25, -0.2) is 0 Å². The molecular weight excluding hydrogens is 361 g/mol. The average Bonchev–Trinajstić information content (AvgIpc) is 2.55. The van der Waals surface area contributed by atoms with Gasteiger partial charge in [-0.3, -0.25) is 4.79 Å². The zero-order valence-corrected chi connectivity index (χ0v) is 15.3. The van der Waals surface area contributed by atoms with Crippen molar-refractivity contribution in [1.82, 2.24) is 0 Å². The molecule has 0 aliphatic carbocycles. The third-order valence-electron chi connectivity index (χ3n) is 3.12. The Labute approximate surface area is 156 Å². The number of anilines is 2. The lowest BCUT2D eigenvalue weighted by Gasteiger charge is -2.13. The van der Waals surface area contributed by atoms with E-state index in [-0.39, 0.29) is 18.6 Å². The summed E-state index contributed by atoms with van der Waals surface area (Å²) < 4.78 is 5.56. The molecule has 0 aliphatic heterocycles. The molecule has 0 atom stereocenters. The highest BCUT2D eigenvalue weighted by molar-refractivity contribution is 6.32. The Morgan fingerprint density at radius 3 is 2.64 bits per heavy atom. The van der Waals surface area contributed by atoms with Crippen LogP contribution in [-0.4, -0.2) is 18.6 Å². The standard InChI is InChI=1S/C18H17Cl2N3O2/c1-11(2)25-17-6-5-14(8-15(17)20)22-10-18(24)23-16-7-13(19)4-3-12(16)9-21/h3-8,11,22H,10H2,1-2H3,(H,23,24). The number of rotatable bonds is 6. The molecule has 0 aliphatic rings. The topological polar surface area (TPSA) is 74.2 Å². The Morgan fingerprint density at radius 1 is 1.24 bits per heavy atom. The SMILES string of the molecule is CC(C)Oc1ccc(NCC(=O)Nc2cc(Cl)ccc2C#N)cc1Cl. The molecule has 0 unspecified atom stereocenters.